The molecule has 0 aliphatic carbocycles. The fourth-order valence-electron chi connectivity index (χ4n) is 5.52. The number of hydrogen-bond acceptors (Lipinski definition) is 5. The number of carbonyl (C=O) groups is 5. The first-order chi connectivity index (χ1) is 21.7. The van der Waals surface area contributed by atoms with Crippen LogP contribution in [0.2, 0.25) is 0 Å². The van der Waals surface area contributed by atoms with Gasteiger partial charge in [-0.3, -0.25) is 29.3 Å². The van der Waals surface area contributed by atoms with Crippen LogP contribution in [0.4, 0.5) is 0 Å². The SMILES string of the molecule is CC(C)[C@H](NC(=O)CC(NC(=O)/C=C/c1ccc(-c2ccccc2)cc1)c1ccc(C(C)(C)C)cc1)C(=O)[C@@H]1C(=O)NC(=O)[C@H]1C. The van der Waals surface area contributed by atoms with Crippen molar-refractivity contribution in [3.05, 3.63) is 102 Å². The molecule has 1 heterocycles. The highest BCUT2D eigenvalue weighted by Crippen LogP contribution is 2.27. The topological polar surface area (TPSA) is 121 Å². The maximum Gasteiger partial charge on any atom is 0.244 e. The number of nitrogens with one attached hydrogen (secondary N) is 3. The van der Waals surface area contributed by atoms with Gasteiger partial charge < -0.3 is 10.6 Å². The van der Waals surface area contributed by atoms with Crippen LogP contribution in [0.3, 0.4) is 0 Å². The quantitative estimate of drug-likeness (QED) is 0.148. The summed E-state index contributed by atoms with van der Waals surface area (Å²) in [6.07, 6.45) is 3.01. The average Bonchev–Trinajstić information content (AvgIpc) is 3.28. The Balaban J connectivity index is 1.50. The second-order valence-corrected chi connectivity index (χ2v) is 13.3. The zero-order valence-corrected chi connectivity index (χ0v) is 27.3. The molecule has 1 aliphatic heterocycles. The lowest BCUT2D eigenvalue weighted by atomic mass is 9.84. The van der Waals surface area contributed by atoms with Crippen molar-refractivity contribution in [1.82, 2.24) is 16.0 Å². The number of hydrogen-bond donors (Lipinski definition) is 3. The van der Waals surface area contributed by atoms with Crippen LogP contribution in [0.5, 0.6) is 0 Å². The minimum atomic E-state index is -1.16. The molecule has 4 rings (SSSR count). The summed E-state index contributed by atoms with van der Waals surface area (Å²) in [6, 6.07) is 24.0. The lowest BCUT2D eigenvalue weighted by Crippen LogP contribution is -2.49. The highest BCUT2D eigenvalue weighted by molar-refractivity contribution is 6.16. The highest BCUT2D eigenvalue weighted by Gasteiger charge is 2.46. The molecule has 1 aliphatic rings. The van der Waals surface area contributed by atoms with Crippen molar-refractivity contribution < 1.29 is 24.0 Å². The third-order valence-corrected chi connectivity index (χ3v) is 8.37. The number of rotatable bonds is 11. The van der Waals surface area contributed by atoms with Gasteiger partial charge in [-0.2, -0.15) is 0 Å². The van der Waals surface area contributed by atoms with Crippen LogP contribution in [0.1, 0.15) is 70.7 Å². The van der Waals surface area contributed by atoms with E-state index in [9.17, 15) is 24.0 Å². The van der Waals surface area contributed by atoms with E-state index in [1.807, 2.05) is 78.9 Å². The van der Waals surface area contributed by atoms with E-state index in [4.69, 9.17) is 0 Å². The number of carbonyl (C=O) groups excluding carboxylic acids is 5. The fourth-order valence-corrected chi connectivity index (χ4v) is 5.52. The lowest BCUT2D eigenvalue weighted by molar-refractivity contribution is -0.137. The molecule has 240 valence electrons. The molecule has 1 fully saturated rings. The Bertz CT molecular complexity index is 1600. The van der Waals surface area contributed by atoms with E-state index in [1.54, 1.807) is 19.9 Å². The van der Waals surface area contributed by atoms with Crippen LogP contribution in [0.25, 0.3) is 17.2 Å². The first-order valence-electron chi connectivity index (χ1n) is 15.7. The molecule has 3 aromatic rings. The Morgan fingerprint density at radius 3 is 1.98 bits per heavy atom. The zero-order valence-electron chi connectivity index (χ0n) is 27.3. The first-order valence-corrected chi connectivity index (χ1v) is 15.7. The van der Waals surface area contributed by atoms with Crippen LogP contribution in [0, 0.1) is 17.8 Å². The van der Waals surface area contributed by atoms with Crippen LogP contribution in [-0.4, -0.2) is 35.5 Å². The smallest absolute Gasteiger partial charge is 0.244 e. The molecule has 0 spiro atoms. The van der Waals surface area contributed by atoms with Gasteiger partial charge in [-0.25, -0.2) is 0 Å². The fraction of sp³-hybridized carbons (Fsp3) is 0.342. The van der Waals surface area contributed by atoms with Gasteiger partial charge in [0.15, 0.2) is 5.78 Å². The predicted octanol–water partition coefficient (Wildman–Crippen LogP) is 5.53. The van der Waals surface area contributed by atoms with Gasteiger partial charge in [0.2, 0.25) is 23.6 Å². The maximum atomic E-state index is 13.4. The third-order valence-electron chi connectivity index (χ3n) is 8.37. The maximum absolute atomic E-state index is 13.4. The van der Waals surface area contributed by atoms with Gasteiger partial charge in [0.25, 0.3) is 0 Å². The number of Topliss-reactive ketones (excluding diaryl/α,β-unsaturated/α-hetero) is 1. The summed E-state index contributed by atoms with van der Waals surface area (Å²) in [7, 11) is 0. The summed E-state index contributed by atoms with van der Waals surface area (Å²) in [5, 5.41) is 7.95. The van der Waals surface area contributed by atoms with E-state index in [1.165, 1.54) is 13.0 Å². The van der Waals surface area contributed by atoms with Gasteiger partial charge in [0, 0.05) is 6.08 Å². The molecule has 1 unspecified atom stereocenters. The molecule has 0 bridgehead atoms. The number of benzene rings is 3. The molecule has 8 heteroatoms. The van der Waals surface area contributed by atoms with E-state index in [0.717, 1.165) is 27.8 Å². The van der Waals surface area contributed by atoms with Gasteiger partial charge in [0.05, 0.1) is 24.4 Å². The lowest BCUT2D eigenvalue weighted by Gasteiger charge is -2.26. The summed E-state index contributed by atoms with van der Waals surface area (Å²) >= 11 is 0. The monoisotopic (exact) mass is 621 g/mol. The van der Waals surface area contributed by atoms with Crippen molar-refractivity contribution in [3.63, 3.8) is 0 Å². The van der Waals surface area contributed by atoms with E-state index >= 15 is 0 Å². The second kappa shape index (κ2) is 14.5. The minimum Gasteiger partial charge on any atom is -0.346 e. The average molecular weight is 622 g/mol. The largest absolute Gasteiger partial charge is 0.346 e. The van der Waals surface area contributed by atoms with E-state index < -0.39 is 47.4 Å². The first kappa shape index (κ1) is 34.0. The van der Waals surface area contributed by atoms with Gasteiger partial charge in [0.1, 0.15) is 5.92 Å². The highest BCUT2D eigenvalue weighted by atomic mass is 16.2. The molecule has 8 nitrogen and oxygen atoms in total. The summed E-state index contributed by atoms with van der Waals surface area (Å²) in [5.41, 5.74) is 4.78. The molecule has 0 aromatic heterocycles. The van der Waals surface area contributed by atoms with Crippen molar-refractivity contribution in [3.8, 4) is 11.1 Å². The van der Waals surface area contributed by atoms with E-state index in [2.05, 4.69) is 36.7 Å². The Morgan fingerprint density at radius 2 is 1.43 bits per heavy atom. The second-order valence-electron chi connectivity index (χ2n) is 13.3. The molecule has 3 aromatic carbocycles. The van der Waals surface area contributed by atoms with Crippen LogP contribution in [0.15, 0.2) is 84.9 Å². The molecule has 46 heavy (non-hydrogen) atoms. The summed E-state index contributed by atoms with van der Waals surface area (Å²) < 4.78 is 0. The third kappa shape index (κ3) is 8.44. The molecule has 0 radical (unpaired) electrons. The van der Waals surface area contributed by atoms with Gasteiger partial charge in [-0.1, -0.05) is 120 Å². The molecule has 4 atom stereocenters. The summed E-state index contributed by atoms with van der Waals surface area (Å²) in [4.78, 5) is 64.3. The molecule has 1 saturated heterocycles. The number of imide groups is 1. The van der Waals surface area contributed by atoms with E-state index in [-0.39, 0.29) is 23.7 Å². The van der Waals surface area contributed by atoms with Gasteiger partial charge >= 0.3 is 0 Å². The Hall–Kier alpha value is -4.85. The molecule has 4 amide bonds. The van der Waals surface area contributed by atoms with Crippen molar-refractivity contribution >= 4 is 35.5 Å². The standard InChI is InChI=1S/C38H43N3O5/c1-23(2)34(35(44)33-24(3)36(45)41-37(33)46)40-32(43)22-30(28-17-19-29(20-18-28)38(4,5)6)39-31(42)21-14-25-12-15-27(16-13-25)26-10-8-7-9-11-26/h7-21,23-24,30,33-34H,22H2,1-6H3,(H,39,42)(H,40,43)(H,41,45,46)/b21-14+/t24-,30?,33+,34-/m0/s1. The normalized spacial score (nSPS) is 17.9. The van der Waals surface area contributed by atoms with Crippen molar-refractivity contribution in [2.24, 2.45) is 17.8 Å². The van der Waals surface area contributed by atoms with Crippen LogP contribution < -0.4 is 16.0 Å². The van der Waals surface area contributed by atoms with Gasteiger partial charge in [-0.05, 0) is 45.2 Å². The summed E-state index contributed by atoms with van der Waals surface area (Å²) in [5.74, 6) is -4.79. The number of amides is 4. The minimum absolute atomic E-state index is 0.0800. The van der Waals surface area contributed by atoms with Crippen LogP contribution in [-0.2, 0) is 29.4 Å². The molecule has 3 N–H and O–H groups in total. The van der Waals surface area contributed by atoms with Crippen molar-refractivity contribution in [2.75, 3.05) is 0 Å². The summed E-state index contributed by atoms with van der Waals surface area (Å²) in [6.45, 7) is 11.4. The van der Waals surface area contributed by atoms with E-state index in [0.29, 0.717) is 0 Å². The molecule has 0 saturated carbocycles. The van der Waals surface area contributed by atoms with Crippen molar-refractivity contribution in [2.45, 2.75) is 65.5 Å². The van der Waals surface area contributed by atoms with Gasteiger partial charge in [-0.15, -0.1) is 0 Å². The Kier molecular flexibility index (Phi) is 10.7. The van der Waals surface area contributed by atoms with Crippen molar-refractivity contribution in [1.29, 1.82) is 0 Å². The van der Waals surface area contributed by atoms with Crippen LogP contribution >= 0.6 is 0 Å². The molecular weight excluding hydrogens is 578 g/mol. The zero-order chi connectivity index (χ0) is 33.6. The predicted molar refractivity (Wildman–Crippen MR) is 179 cm³/mol. The molecular formula is C38H43N3O5. The Morgan fingerprint density at radius 1 is 0.826 bits per heavy atom. The number of ketones is 1. The Labute approximate surface area is 271 Å².